The van der Waals surface area contributed by atoms with Crippen LogP contribution in [0.25, 0.3) is 0 Å². The van der Waals surface area contributed by atoms with Crippen molar-refractivity contribution in [2.75, 3.05) is 5.32 Å². The highest BCUT2D eigenvalue weighted by Gasteiger charge is 2.38. The van der Waals surface area contributed by atoms with Gasteiger partial charge >= 0.3 is 0 Å². The number of hydrogen-bond donors (Lipinski definition) is 1. The molecule has 1 N–H and O–H groups in total. The molecule has 0 aromatic heterocycles. The van der Waals surface area contributed by atoms with Gasteiger partial charge in [-0.05, 0) is 54.7 Å². The van der Waals surface area contributed by atoms with Crippen LogP contribution in [0, 0.1) is 17.8 Å². The maximum absolute atomic E-state index is 6.34. The van der Waals surface area contributed by atoms with E-state index in [9.17, 15) is 0 Å². The number of benzene rings is 1. The molecule has 0 aliphatic heterocycles. The number of halogens is 2. The summed E-state index contributed by atoms with van der Waals surface area (Å²) in [6.45, 7) is 11.4. The van der Waals surface area contributed by atoms with E-state index >= 15 is 0 Å². The molecule has 0 heterocycles. The van der Waals surface area contributed by atoms with Crippen LogP contribution < -0.4 is 5.32 Å². The van der Waals surface area contributed by atoms with E-state index in [-0.39, 0.29) is 0 Å². The van der Waals surface area contributed by atoms with Gasteiger partial charge in [0.25, 0.3) is 0 Å². The zero-order valence-corrected chi connectivity index (χ0v) is 14.6. The molecule has 1 aromatic carbocycles. The van der Waals surface area contributed by atoms with Crippen LogP contribution in [0.2, 0.25) is 10.0 Å². The molecule has 3 heteroatoms. The number of nitrogens with one attached hydrogen (secondary N) is 1. The first-order chi connectivity index (χ1) is 9.08. The summed E-state index contributed by atoms with van der Waals surface area (Å²) in [7, 11) is 0. The molecule has 0 atom stereocenters. The first-order valence-corrected chi connectivity index (χ1v) is 8.06. The van der Waals surface area contributed by atoms with E-state index in [2.05, 4.69) is 33.0 Å². The summed E-state index contributed by atoms with van der Waals surface area (Å²) in [6, 6.07) is 4.34. The molecule has 20 heavy (non-hydrogen) atoms. The van der Waals surface area contributed by atoms with Gasteiger partial charge in [0.2, 0.25) is 0 Å². The predicted octanol–water partition coefficient (Wildman–Crippen LogP) is 6.32. The van der Waals surface area contributed by atoms with Crippen molar-refractivity contribution in [2.45, 2.75) is 59.9 Å². The Bertz CT molecular complexity index is 490. The Morgan fingerprint density at radius 1 is 1.00 bits per heavy atom. The van der Waals surface area contributed by atoms with Crippen LogP contribution in [0.15, 0.2) is 12.1 Å². The molecule has 0 saturated heterocycles. The van der Waals surface area contributed by atoms with Crippen molar-refractivity contribution in [1.29, 1.82) is 0 Å². The van der Waals surface area contributed by atoms with Gasteiger partial charge in [-0.25, -0.2) is 0 Å². The van der Waals surface area contributed by atoms with Crippen LogP contribution in [0.4, 0.5) is 5.69 Å². The number of anilines is 1. The standard InChI is InChI=1S/C17H25Cl2N/c1-11-6-14(19)15(7-13(11)18)20-12-8-16(2,3)10-17(4,5)9-12/h6-7,12,20H,8-10H2,1-5H3. The Kier molecular flexibility index (Phi) is 4.33. The van der Waals surface area contributed by atoms with E-state index in [4.69, 9.17) is 23.2 Å². The summed E-state index contributed by atoms with van der Waals surface area (Å²) in [4.78, 5) is 0. The van der Waals surface area contributed by atoms with Crippen molar-refractivity contribution in [2.24, 2.45) is 10.8 Å². The van der Waals surface area contributed by atoms with E-state index in [0.29, 0.717) is 16.9 Å². The monoisotopic (exact) mass is 313 g/mol. The molecule has 1 aliphatic rings. The minimum Gasteiger partial charge on any atom is -0.381 e. The molecular formula is C17H25Cl2N. The van der Waals surface area contributed by atoms with Gasteiger partial charge in [0.15, 0.2) is 0 Å². The average molecular weight is 314 g/mol. The molecule has 1 saturated carbocycles. The molecular weight excluding hydrogens is 289 g/mol. The molecule has 1 aromatic rings. The van der Waals surface area contributed by atoms with Gasteiger partial charge in [0, 0.05) is 11.1 Å². The quantitative estimate of drug-likeness (QED) is 0.673. The van der Waals surface area contributed by atoms with E-state index in [1.165, 1.54) is 6.42 Å². The fraction of sp³-hybridized carbons (Fsp3) is 0.647. The van der Waals surface area contributed by atoms with Crippen molar-refractivity contribution in [3.05, 3.63) is 27.7 Å². The van der Waals surface area contributed by atoms with Gasteiger partial charge < -0.3 is 5.32 Å². The minimum absolute atomic E-state index is 0.361. The second kappa shape index (κ2) is 5.42. The molecule has 1 aliphatic carbocycles. The second-order valence-electron chi connectivity index (χ2n) is 7.84. The van der Waals surface area contributed by atoms with Crippen molar-refractivity contribution >= 4 is 28.9 Å². The lowest BCUT2D eigenvalue weighted by Crippen LogP contribution is -2.40. The minimum atomic E-state index is 0.361. The van der Waals surface area contributed by atoms with Crippen LogP contribution in [-0.2, 0) is 0 Å². The van der Waals surface area contributed by atoms with Crippen molar-refractivity contribution in [3.8, 4) is 0 Å². The molecule has 2 rings (SSSR count). The topological polar surface area (TPSA) is 12.0 Å². The van der Waals surface area contributed by atoms with E-state index in [1.54, 1.807) is 0 Å². The van der Waals surface area contributed by atoms with Crippen LogP contribution in [0.5, 0.6) is 0 Å². The molecule has 0 spiro atoms. The highest BCUT2D eigenvalue weighted by Crippen LogP contribution is 2.46. The third kappa shape index (κ3) is 3.83. The fourth-order valence-corrected chi connectivity index (χ4v) is 4.36. The second-order valence-corrected chi connectivity index (χ2v) is 8.65. The molecule has 1 nitrogen and oxygen atoms in total. The maximum Gasteiger partial charge on any atom is 0.0641 e. The highest BCUT2D eigenvalue weighted by atomic mass is 35.5. The van der Waals surface area contributed by atoms with Crippen molar-refractivity contribution < 1.29 is 0 Å². The SMILES string of the molecule is Cc1cc(Cl)c(NC2CC(C)(C)CC(C)(C)C2)cc1Cl. The number of rotatable bonds is 2. The molecule has 0 amide bonds. The van der Waals surface area contributed by atoms with E-state index in [1.807, 2.05) is 19.1 Å². The van der Waals surface area contributed by atoms with Gasteiger partial charge in [-0.15, -0.1) is 0 Å². The summed E-state index contributed by atoms with van der Waals surface area (Å²) in [6.07, 6.45) is 3.59. The zero-order chi connectivity index (χ0) is 15.1. The summed E-state index contributed by atoms with van der Waals surface area (Å²) in [5, 5.41) is 5.14. The Morgan fingerprint density at radius 3 is 2.10 bits per heavy atom. The smallest absolute Gasteiger partial charge is 0.0641 e. The van der Waals surface area contributed by atoms with Gasteiger partial charge in [0.05, 0.1) is 10.7 Å². The van der Waals surface area contributed by atoms with Crippen LogP contribution >= 0.6 is 23.2 Å². The summed E-state index contributed by atoms with van der Waals surface area (Å²) in [5.41, 5.74) is 2.70. The third-order valence-corrected chi connectivity index (χ3v) is 4.88. The van der Waals surface area contributed by atoms with Crippen LogP contribution in [0.3, 0.4) is 0 Å². The van der Waals surface area contributed by atoms with Crippen molar-refractivity contribution in [3.63, 3.8) is 0 Å². The average Bonchev–Trinajstić information content (AvgIpc) is 2.21. The Hall–Kier alpha value is -0.400. The Morgan fingerprint density at radius 2 is 1.55 bits per heavy atom. The molecule has 0 unspecified atom stereocenters. The Balaban J connectivity index is 2.19. The zero-order valence-electron chi connectivity index (χ0n) is 13.1. The third-order valence-electron chi connectivity index (χ3n) is 4.16. The van der Waals surface area contributed by atoms with Crippen molar-refractivity contribution in [1.82, 2.24) is 0 Å². The lowest BCUT2D eigenvalue weighted by Gasteiger charge is -2.45. The predicted molar refractivity (Wildman–Crippen MR) is 90.0 cm³/mol. The first kappa shape index (κ1) is 16.0. The number of aryl methyl sites for hydroxylation is 1. The molecule has 0 radical (unpaired) electrons. The first-order valence-electron chi connectivity index (χ1n) is 7.30. The van der Waals surface area contributed by atoms with Crippen LogP contribution in [-0.4, -0.2) is 6.04 Å². The summed E-state index contributed by atoms with van der Waals surface area (Å²) in [5.74, 6) is 0. The highest BCUT2D eigenvalue weighted by molar-refractivity contribution is 6.35. The molecule has 1 fully saturated rings. The van der Waals surface area contributed by atoms with E-state index in [0.717, 1.165) is 34.1 Å². The van der Waals surface area contributed by atoms with Gasteiger partial charge in [0.1, 0.15) is 0 Å². The maximum atomic E-state index is 6.34. The Labute approximate surface area is 133 Å². The lowest BCUT2D eigenvalue weighted by atomic mass is 9.63. The lowest BCUT2D eigenvalue weighted by molar-refractivity contribution is 0.105. The number of hydrogen-bond acceptors (Lipinski definition) is 1. The fourth-order valence-electron chi connectivity index (χ4n) is 3.92. The van der Waals surface area contributed by atoms with E-state index < -0.39 is 0 Å². The largest absolute Gasteiger partial charge is 0.381 e. The van der Waals surface area contributed by atoms with Gasteiger partial charge in [-0.3, -0.25) is 0 Å². The van der Waals surface area contributed by atoms with Crippen LogP contribution in [0.1, 0.15) is 52.5 Å². The molecule has 112 valence electrons. The van der Waals surface area contributed by atoms with Gasteiger partial charge in [-0.1, -0.05) is 50.9 Å². The summed E-state index contributed by atoms with van der Waals surface area (Å²) < 4.78 is 0. The molecule has 0 bridgehead atoms. The summed E-state index contributed by atoms with van der Waals surface area (Å²) >= 11 is 12.6. The normalized spacial score (nSPS) is 21.8. The van der Waals surface area contributed by atoms with Gasteiger partial charge in [-0.2, -0.15) is 0 Å².